The van der Waals surface area contributed by atoms with Gasteiger partial charge in [-0.15, -0.1) is 0 Å². The quantitative estimate of drug-likeness (QED) is 0.369. The Morgan fingerprint density at radius 1 is 1.44 bits per heavy atom. The second kappa shape index (κ2) is 11.5. The monoisotopic (exact) mass is 140 g/mol. The van der Waals surface area contributed by atoms with Crippen LogP contribution in [-0.4, -0.2) is 36.3 Å². The molecule has 1 rings (SSSR count). The third-order valence-corrected chi connectivity index (χ3v) is 0.455. The van der Waals surface area contributed by atoms with Crippen LogP contribution in [0.5, 0.6) is 0 Å². The summed E-state index contributed by atoms with van der Waals surface area (Å²) < 4.78 is 9.19. The molecule has 0 saturated carbocycles. The zero-order valence-electron chi connectivity index (χ0n) is 5.93. The molecule has 0 atom stereocenters. The van der Waals surface area contributed by atoms with Crippen LogP contribution in [0.15, 0.2) is 0 Å². The van der Waals surface area contributed by atoms with Crippen molar-refractivity contribution < 1.29 is 9.47 Å². The molecule has 0 aliphatic carbocycles. The van der Waals surface area contributed by atoms with Gasteiger partial charge in [0.15, 0.2) is 0 Å². The van der Waals surface area contributed by atoms with Crippen molar-refractivity contribution in [1.82, 2.24) is 0 Å². The Morgan fingerprint density at radius 3 is 1.89 bits per heavy atom. The summed E-state index contributed by atoms with van der Waals surface area (Å²) >= 11 is 0. The van der Waals surface area contributed by atoms with Crippen molar-refractivity contribution in [1.29, 1.82) is 0 Å². The zero-order chi connectivity index (χ0) is 6.24. The molecular weight excluding hydrogens is 128 g/mol. The molecule has 0 amide bonds. The Hall–Kier alpha value is 0.686. The van der Waals surface area contributed by atoms with Gasteiger partial charge in [-0.25, -0.2) is 0 Å². The summed E-state index contributed by atoms with van der Waals surface area (Å²) in [5.74, 6) is 0. The van der Waals surface area contributed by atoms with E-state index in [1.54, 1.807) is 0 Å². The van der Waals surface area contributed by atoms with Crippen molar-refractivity contribution in [2.24, 2.45) is 0 Å². The second-order valence-electron chi connectivity index (χ2n) is 1.34. The van der Waals surface area contributed by atoms with Crippen LogP contribution in [-0.2, 0) is 9.47 Å². The van der Waals surface area contributed by atoms with Gasteiger partial charge in [0.2, 0.25) is 0 Å². The summed E-state index contributed by atoms with van der Waals surface area (Å²) in [5, 5.41) is 0. The van der Waals surface area contributed by atoms with Crippen LogP contribution in [0.25, 0.3) is 0 Å². The summed E-state index contributed by atoms with van der Waals surface area (Å²) in [5.41, 5.74) is 0. The fourth-order valence-electron chi connectivity index (χ4n) is 0.241. The molecule has 50 valence electrons. The largest absolute Gasteiger partial charge is 2.00 e. The fraction of sp³-hybridized carbons (Fsp3) is 0.667. The van der Waals surface area contributed by atoms with Crippen molar-refractivity contribution >= 4 is 23.1 Å². The van der Waals surface area contributed by atoms with E-state index in [4.69, 9.17) is 0 Å². The molecule has 1 heterocycles. The van der Waals surface area contributed by atoms with Crippen LogP contribution in [0.1, 0.15) is 13.3 Å². The molecular formula is C6H12MgO2. The van der Waals surface area contributed by atoms with Gasteiger partial charge in [0.25, 0.3) is 0 Å². The Morgan fingerprint density at radius 2 is 1.78 bits per heavy atom. The molecule has 1 aliphatic rings. The number of hydrogen-bond donors (Lipinski definition) is 0. The first-order valence-electron chi connectivity index (χ1n) is 2.76. The molecule has 0 unspecified atom stereocenters. The molecule has 0 N–H and O–H groups in total. The average Bonchev–Trinajstić information content (AvgIpc) is 2.17. The van der Waals surface area contributed by atoms with E-state index >= 15 is 0 Å². The number of ether oxygens (including phenoxy) is 2. The predicted molar refractivity (Wildman–Crippen MR) is 37.6 cm³/mol. The van der Waals surface area contributed by atoms with Crippen LogP contribution >= 0.6 is 0 Å². The van der Waals surface area contributed by atoms with Gasteiger partial charge in [-0.3, -0.25) is 0 Å². The summed E-state index contributed by atoms with van der Waals surface area (Å²) in [6.45, 7) is 8.31. The fourth-order valence-corrected chi connectivity index (χ4v) is 0.241. The van der Waals surface area contributed by atoms with E-state index in [1.807, 2.05) is 6.92 Å². The zero-order valence-corrected chi connectivity index (χ0v) is 7.34. The van der Waals surface area contributed by atoms with Crippen molar-refractivity contribution in [2.75, 3.05) is 13.2 Å². The summed E-state index contributed by atoms with van der Waals surface area (Å²) in [6.07, 6.45) is 1.00. The van der Waals surface area contributed by atoms with Gasteiger partial charge in [0, 0.05) is 13.2 Å². The summed E-state index contributed by atoms with van der Waals surface area (Å²) in [4.78, 5) is 0. The first kappa shape index (κ1) is 12.4. The molecule has 9 heavy (non-hydrogen) atoms. The van der Waals surface area contributed by atoms with Crippen molar-refractivity contribution in [2.45, 2.75) is 13.3 Å². The minimum Gasteiger partial charge on any atom is -0.523 e. The van der Waals surface area contributed by atoms with Gasteiger partial charge < -0.3 is 16.4 Å². The van der Waals surface area contributed by atoms with Crippen LogP contribution < -0.4 is 0 Å². The molecule has 0 aromatic carbocycles. The standard InChI is InChI=1S/C3H5O2.C3H7.Mg/c1-2-5-3-4-1;1-3-2;/h3H,1-2H2;1,3H2,2H3;/q2*-1;+2. The normalized spacial score (nSPS) is 15.3. The molecule has 3 heteroatoms. The van der Waals surface area contributed by atoms with Gasteiger partial charge in [0.05, 0.1) is 0 Å². The average molecular weight is 140 g/mol. The van der Waals surface area contributed by atoms with Gasteiger partial charge >= 0.3 is 23.1 Å². The molecule has 1 saturated heterocycles. The summed E-state index contributed by atoms with van der Waals surface area (Å²) in [7, 11) is 0. The third kappa shape index (κ3) is 12.0. The maximum Gasteiger partial charge on any atom is 2.00 e. The predicted octanol–water partition coefficient (Wildman–Crippen LogP) is 1.00. The summed E-state index contributed by atoms with van der Waals surface area (Å²) in [6, 6.07) is 0. The van der Waals surface area contributed by atoms with Crippen molar-refractivity contribution in [3.63, 3.8) is 0 Å². The first-order chi connectivity index (χ1) is 3.91. The Labute approximate surface area is 73.1 Å². The Balaban J connectivity index is 0. The molecule has 0 spiro atoms. The van der Waals surface area contributed by atoms with Crippen LogP contribution in [0.2, 0.25) is 0 Å². The maximum atomic E-state index is 4.60. The van der Waals surface area contributed by atoms with E-state index in [2.05, 4.69) is 16.4 Å². The van der Waals surface area contributed by atoms with E-state index in [9.17, 15) is 0 Å². The smallest absolute Gasteiger partial charge is 0.523 e. The topological polar surface area (TPSA) is 18.5 Å². The van der Waals surface area contributed by atoms with Gasteiger partial charge in [0.1, 0.15) is 0 Å². The SMILES string of the molecule is [CH-]1OCCO1.[CH2-]CC.[Mg+2]. The van der Waals surface area contributed by atoms with Gasteiger partial charge in [-0.1, -0.05) is 13.7 Å². The number of hydrogen-bond acceptors (Lipinski definition) is 2. The first-order valence-corrected chi connectivity index (χ1v) is 2.76. The Kier molecular flexibility index (Phi) is 15.8. The Bertz CT molecular complexity index is 30.4. The van der Waals surface area contributed by atoms with Crippen molar-refractivity contribution in [3.8, 4) is 0 Å². The maximum absolute atomic E-state index is 4.60. The van der Waals surface area contributed by atoms with Crippen LogP contribution in [0, 0.1) is 13.7 Å². The number of rotatable bonds is 0. The minimum absolute atomic E-state index is 0. The van der Waals surface area contributed by atoms with E-state index in [0.717, 1.165) is 19.6 Å². The van der Waals surface area contributed by atoms with Crippen LogP contribution in [0.4, 0.5) is 0 Å². The molecule has 1 fully saturated rings. The van der Waals surface area contributed by atoms with Crippen molar-refractivity contribution in [3.05, 3.63) is 13.7 Å². The molecule has 0 radical (unpaired) electrons. The van der Waals surface area contributed by atoms with E-state index < -0.39 is 0 Å². The molecule has 1 aliphatic heterocycles. The molecule has 2 nitrogen and oxygen atoms in total. The molecule has 0 bridgehead atoms. The molecule has 0 aromatic heterocycles. The van der Waals surface area contributed by atoms with E-state index in [1.165, 1.54) is 6.79 Å². The van der Waals surface area contributed by atoms with Gasteiger partial charge in [-0.2, -0.15) is 6.42 Å². The third-order valence-electron chi connectivity index (χ3n) is 0.455. The second-order valence-corrected chi connectivity index (χ2v) is 1.34. The minimum atomic E-state index is 0. The van der Waals surface area contributed by atoms with Gasteiger partial charge in [-0.05, 0) is 0 Å². The molecule has 0 aromatic rings. The van der Waals surface area contributed by atoms with E-state index in [-0.39, 0.29) is 23.1 Å². The van der Waals surface area contributed by atoms with Crippen LogP contribution in [0.3, 0.4) is 0 Å². The van der Waals surface area contributed by atoms with E-state index in [0.29, 0.717) is 0 Å².